The zero-order valence-electron chi connectivity index (χ0n) is 16.3. The van der Waals surface area contributed by atoms with Gasteiger partial charge in [0.1, 0.15) is 16.9 Å². The molecule has 3 rings (SSSR count). The number of thiophene rings is 1. The number of aromatic amines is 1. The molecule has 0 radical (unpaired) electrons. The number of rotatable bonds is 5. The zero-order valence-corrected chi connectivity index (χ0v) is 17.2. The number of carbonyl (C=O) groups is 3. The Morgan fingerprint density at radius 3 is 2.61 bits per heavy atom. The van der Waals surface area contributed by atoms with Crippen molar-refractivity contribution in [2.24, 2.45) is 0 Å². The first-order valence-corrected chi connectivity index (χ1v) is 9.72. The summed E-state index contributed by atoms with van der Waals surface area (Å²) in [5, 5.41) is 3.11. The van der Waals surface area contributed by atoms with Crippen LogP contribution in [0.1, 0.15) is 49.6 Å². The van der Waals surface area contributed by atoms with E-state index in [9.17, 15) is 19.2 Å². The molecule has 10 heteroatoms. The first kappa shape index (κ1) is 20.0. The van der Waals surface area contributed by atoms with Crippen molar-refractivity contribution in [3.63, 3.8) is 0 Å². The van der Waals surface area contributed by atoms with E-state index >= 15 is 0 Å². The van der Waals surface area contributed by atoms with E-state index in [0.717, 1.165) is 15.3 Å². The summed E-state index contributed by atoms with van der Waals surface area (Å²) in [6.45, 7) is 8.21. The molecule has 2 aromatic heterocycles. The van der Waals surface area contributed by atoms with Crippen molar-refractivity contribution >= 4 is 39.5 Å². The van der Waals surface area contributed by atoms with Crippen LogP contribution in [0, 0.1) is 13.8 Å². The minimum atomic E-state index is -1.02. The largest absolute Gasteiger partial charge is 0.453 e. The number of fused-ring (bicyclic) bond motifs is 1. The molecular formula is C18H22N4O5S. The number of ether oxygens (including phenoxy) is 1. The van der Waals surface area contributed by atoms with Crippen LogP contribution in [0.5, 0.6) is 0 Å². The highest BCUT2D eigenvalue weighted by Crippen LogP contribution is 2.27. The number of carbonyl (C=O) groups excluding carboxylic acids is 3. The Morgan fingerprint density at radius 2 is 2.00 bits per heavy atom. The molecule has 0 saturated carbocycles. The van der Waals surface area contributed by atoms with Gasteiger partial charge in [0, 0.05) is 4.88 Å². The number of aryl methyl sites for hydroxylation is 2. The van der Waals surface area contributed by atoms with Gasteiger partial charge in [-0.05, 0) is 39.7 Å². The normalized spacial score (nSPS) is 20.5. The Labute approximate surface area is 165 Å². The van der Waals surface area contributed by atoms with E-state index in [-0.39, 0.29) is 11.4 Å². The average Bonchev–Trinajstić information content (AvgIpc) is 3.03. The van der Waals surface area contributed by atoms with Gasteiger partial charge < -0.3 is 15.0 Å². The number of H-pyrrole nitrogens is 1. The highest BCUT2D eigenvalue weighted by Gasteiger charge is 2.47. The Balaban J connectivity index is 1.75. The summed E-state index contributed by atoms with van der Waals surface area (Å²) >= 11 is 1.39. The van der Waals surface area contributed by atoms with Crippen LogP contribution in [0.25, 0.3) is 10.2 Å². The van der Waals surface area contributed by atoms with Crippen LogP contribution in [0.4, 0.5) is 4.79 Å². The molecule has 1 aliphatic heterocycles. The average molecular weight is 406 g/mol. The summed E-state index contributed by atoms with van der Waals surface area (Å²) in [5.74, 6) is -1.03. The van der Waals surface area contributed by atoms with E-state index in [1.165, 1.54) is 11.3 Å². The van der Waals surface area contributed by atoms with Crippen LogP contribution in [-0.4, -0.2) is 44.9 Å². The first-order chi connectivity index (χ1) is 13.1. The third kappa shape index (κ3) is 3.28. The maximum absolute atomic E-state index is 12.4. The number of hydrogen-bond donors (Lipinski definition) is 2. The number of hydrogen-bond acceptors (Lipinski definition) is 7. The first-order valence-electron chi connectivity index (χ1n) is 8.91. The molecule has 0 aromatic carbocycles. The molecule has 0 unspecified atom stereocenters. The molecule has 9 nitrogen and oxygen atoms in total. The summed E-state index contributed by atoms with van der Waals surface area (Å²) in [7, 11) is 0. The smallest absolute Gasteiger partial charge is 0.326 e. The third-order valence-corrected chi connectivity index (χ3v) is 6.19. The van der Waals surface area contributed by atoms with E-state index in [1.807, 2.05) is 13.8 Å². The maximum Gasteiger partial charge on any atom is 0.326 e. The lowest BCUT2D eigenvalue weighted by molar-refractivity contribution is -0.152. The van der Waals surface area contributed by atoms with Crippen molar-refractivity contribution in [2.45, 2.75) is 52.7 Å². The van der Waals surface area contributed by atoms with Gasteiger partial charge in [0.15, 0.2) is 11.9 Å². The Morgan fingerprint density at radius 1 is 1.32 bits per heavy atom. The third-order valence-electron chi connectivity index (χ3n) is 5.09. The van der Waals surface area contributed by atoms with E-state index in [2.05, 4.69) is 15.3 Å². The molecule has 3 amide bonds. The maximum atomic E-state index is 12.4. The van der Waals surface area contributed by atoms with Crippen molar-refractivity contribution in [3.8, 4) is 0 Å². The van der Waals surface area contributed by atoms with E-state index in [1.54, 1.807) is 20.8 Å². The highest BCUT2D eigenvalue weighted by atomic mass is 32.1. The van der Waals surface area contributed by atoms with Crippen LogP contribution in [-0.2, 0) is 14.3 Å². The number of imide groups is 1. The van der Waals surface area contributed by atoms with Gasteiger partial charge >= 0.3 is 12.0 Å². The molecule has 1 saturated heterocycles. The van der Waals surface area contributed by atoms with Crippen LogP contribution in [0.3, 0.4) is 0 Å². The molecule has 0 bridgehead atoms. The molecule has 1 fully saturated rings. The van der Waals surface area contributed by atoms with Crippen LogP contribution in [0.2, 0.25) is 0 Å². The van der Waals surface area contributed by atoms with Gasteiger partial charge in [0.25, 0.3) is 11.5 Å². The van der Waals surface area contributed by atoms with Crippen molar-refractivity contribution in [1.29, 1.82) is 0 Å². The molecule has 2 atom stereocenters. The Bertz CT molecular complexity index is 1040. The molecule has 150 valence electrons. The number of urea groups is 1. The number of aromatic nitrogens is 2. The van der Waals surface area contributed by atoms with Crippen LogP contribution in [0.15, 0.2) is 4.79 Å². The number of nitrogens with one attached hydrogen (secondary N) is 2. The summed E-state index contributed by atoms with van der Waals surface area (Å²) in [6.07, 6.45) is -0.435. The van der Waals surface area contributed by atoms with Crippen molar-refractivity contribution < 1.29 is 19.1 Å². The minimum Gasteiger partial charge on any atom is -0.453 e. The molecule has 3 heterocycles. The standard InChI is InChI=1S/C18H22N4O5S/c1-6-18(5)16(25)22(17(26)21-18)7-11(23)27-9(3)13-19-14(24)12-8(2)10(4)28-15(12)20-13/h9H,6-7H2,1-5H3,(H,21,26)(H,19,20,24)/t9-,18+/m0/s1. The van der Waals surface area contributed by atoms with Gasteiger partial charge in [-0.1, -0.05) is 6.92 Å². The second-order valence-electron chi connectivity index (χ2n) is 7.05. The van der Waals surface area contributed by atoms with Crippen LogP contribution >= 0.6 is 11.3 Å². The lowest BCUT2D eigenvalue weighted by Gasteiger charge is -2.19. The van der Waals surface area contributed by atoms with E-state index in [4.69, 9.17) is 4.74 Å². The highest BCUT2D eigenvalue weighted by molar-refractivity contribution is 7.18. The quantitative estimate of drug-likeness (QED) is 0.578. The summed E-state index contributed by atoms with van der Waals surface area (Å²) in [4.78, 5) is 58.4. The van der Waals surface area contributed by atoms with Crippen molar-refractivity contribution in [2.75, 3.05) is 6.54 Å². The minimum absolute atomic E-state index is 0.211. The fourth-order valence-corrected chi connectivity index (χ4v) is 4.05. The molecule has 1 aliphatic rings. The van der Waals surface area contributed by atoms with E-state index < -0.39 is 36.1 Å². The Hall–Kier alpha value is -2.75. The molecule has 2 N–H and O–H groups in total. The van der Waals surface area contributed by atoms with Crippen molar-refractivity contribution in [3.05, 3.63) is 26.6 Å². The summed E-state index contributed by atoms with van der Waals surface area (Å²) in [6, 6.07) is -0.628. The van der Waals surface area contributed by atoms with Gasteiger partial charge in [-0.2, -0.15) is 0 Å². The fourth-order valence-electron chi connectivity index (χ4n) is 3.01. The number of amides is 3. The van der Waals surface area contributed by atoms with Gasteiger partial charge in [0.2, 0.25) is 0 Å². The molecule has 0 spiro atoms. The predicted molar refractivity (Wildman–Crippen MR) is 103 cm³/mol. The number of esters is 1. The zero-order chi connectivity index (χ0) is 20.8. The summed E-state index contributed by atoms with van der Waals surface area (Å²) < 4.78 is 5.30. The topological polar surface area (TPSA) is 121 Å². The summed E-state index contributed by atoms with van der Waals surface area (Å²) in [5.41, 5.74) is -0.435. The second kappa shape index (κ2) is 7.01. The van der Waals surface area contributed by atoms with E-state index in [0.29, 0.717) is 16.6 Å². The SMILES string of the molecule is CC[C@@]1(C)NC(=O)N(CC(=O)O[C@@H](C)c2nc3sc(C)c(C)c3c(=O)[nH]2)C1=O. The molecule has 28 heavy (non-hydrogen) atoms. The molecule has 2 aromatic rings. The van der Waals surface area contributed by atoms with Crippen molar-refractivity contribution in [1.82, 2.24) is 20.2 Å². The van der Waals surface area contributed by atoms with Gasteiger partial charge in [-0.25, -0.2) is 9.78 Å². The molecular weight excluding hydrogens is 384 g/mol. The fraction of sp³-hybridized carbons (Fsp3) is 0.500. The second-order valence-corrected chi connectivity index (χ2v) is 8.26. The lowest BCUT2D eigenvalue weighted by Crippen LogP contribution is -2.43. The van der Waals surface area contributed by atoms with Crippen LogP contribution < -0.4 is 10.9 Å². The predicted octanol–water partition coefficient (Wildman–Crippen LogP) is 1.93. The Kier molecular flexibility index (Phi) is 5.00. The van der Waals surface area contributed by atoms with Gasteiger partial charge in [-0.15, -0.1) is 11.3 Å². The number of nitrogens with zero attached hydrogens (tertiary/aromatic N) is 2. The lowest BCUT2D eigenvalue weighted by atomic mass is 9.99. The monoisotopic (exact) mass is 406 g/mol. The molecule has 0 aliphatic carbocycles. The van der Waals surface area contributed by atoms with Gasteiger partial charge in [-0.3, -0.25) is 19.3 Å². The van der Waals surface area contributed by atoms with Gasteiger partial charge in [0.05, 0.1) is 5.39 Å².